The molecule has 13 heavy (non-hydrogen) atoms. The van der Waals surface area contributed by atoms with Gasteiger partial charge >= 0.3 is 0 Å². The summed E-state index contributed by atoms with van der Waals surface area (Å²) in [6.07, 6.45) is 7.95. The van der Waals surface area contributed by atoms with Crippen molar-refractivity contribution >= 4 is 5.82 Å². The van der Waals surface area contributed by atoms with Crippen LogP contribution in [0.15, 0.2) is 6.33 Å². The second-order valence-corrected chi connectivity index (χ2v) is 3.76. The Morgan fingerprint density at radius 2 is 2.00 bits per heavy atom. The molecule has 1 heterocycles. The lowest BCUT2D eigenvalue weighted by Crippen LogP contribution is -2.13. The maximum absolute atomic E-state index is 5.81. The predicted molar refractivity (Wildman–Crippen MR) is 52.6 cm³/mol. The molecule has 1 aromatic heterocycles. The molecule has 4 nitrogen and oxygen atoms in total. The average Bonchev–Trinajstić information content (AvgIpc) is 2.49. The smallest absolute Gasteiger partial charge is 0.145 e. The molecule has 1 fully saturated rings. The monoisotopic (exact) mass is 180 g/mol. The van der Waals surface area contributed by atoms with Crippen LogP contribution in [-0.4, -0.2) is 9.66 Å². The van der Waals surface area contributed by atoms with Gasteiger partial charge < -0.3 is 11.6 Å². The minimum atomic E-state index is 0.540. The summed E-state index contributed by atoms with van der Waals surface area (Å²) in [5.74, 6) is 6.75. The molecule has 1 aliphatic rings. The minimum Gasteiger partial charge on any atom is -0.382 e. The standard InChI is InChI=1S/C9H16N4/c10-9-8(12-6-13(9)11)7-4-2-1-3-5-7/h6-7H,1-5,10-11H2. The summed E-state index contributed by atoms with van der Waals surface area (Å²) < 4.78 is 1.41. The van der Waals surface area contributed by atoms with Crippen molar-refractivity contribution in [2.45, 2.75) is 38.0 Å². The van der Waals surface area contributed by atoms with Gasteiger partial charge in [-0.05, 0) is 12.8 Å². The van der Waals surface area contributed by atoms with Crippen molar-refractivity contribution < 1.29 is 0 Å². The van der Waals surface area contributed by atoms with Crippen LogP contribution in [0.3, 0.4) is 0 Å². The van der Waals surface area contributed by atoms with Crippen LogP contribution in [0.2, 0.25) is 0 Å². The molecular weight excluding hydrogens is 164 g/mol. The largest absolute Gasteiger partial charge is 0.382 e. The van der Waals surface area contributed by atoms with Crippen LogP contribution in [0.25, 0.3) is 0 Å². The molecular formula is C9H16N4. The lowest BCUT2D eigenvalue weighted by Gasteiger charge is -2.20. The van der Waals surface area contributed by atoms with Gasteiger partial charge in [-0.15, -0.1) is 0 Å². The number of rotatable bonds is 1. The minimum absolute atomic E-state index is 0.540. The van der Waals surface area contributed by atoms with Crippen LogP contribution in [0.4, 0.5) is 5.82 Å². The van der Waals surface area contributed by atoms with Crippen LogP contribution in [0, 0.1) is 0 Å². The highest BCUT2D eigenvalue weighted by Gasteiger charge is 2.20. The number of nitrogens with two attached hydrogens (primary N) is 2. The Hall–Kier alpha value is -1.19. The first-order valence-electron chi connectivity index (χ1n) is 4.87. The highest BCUT2D eigenvalue weighted by atomic mass is 15.3. The highest BCUT2D eigenvalue weighted by molar-refractivity contribution is 5.38. The Kier molecular flexibility index (Phi) is 2.12. The third-order valence-electron chi connectivity index (χ3n) is 2.85. The van der Waals surface area contributed by atoms with E-state index in [2.05, 4.69) is 4.98 Å². The summed E-state index contributed by atoms with van der Waals surface area (Å²) in [7, 11) is 0. The molecule has 0 aromatic carbocycles. The molecule has 1 saturated carbocycles. The van der Waals surface area contributed by atoms with Gasteiger partial charge in [0.2, 0.25) is 0 Å². The van der Waals surface area contributed by atoms with E-state index < -0.39 is 0 Å². The molecule has 1 aromatic rings. The molecule has 0 bridgehead atoms. The van der Waals surface area contributed by atoms with Crippen LogP contribution < -0.4 is 11.6 Å². The lowest BCUT2D eigenvalue weighted by atomic mass is 9.87. The van der Waals surface area contributed by atoms with Crippen LogP contribution in [0.1, 0.15) is 43.7 Å². The van der Waals surface area contributed by atoms with Crippen molar-refractivity contribution in [1.82, 2.24) is 9.66 Å². The molecule has 1 aliphatic carbocycles. The number of aromatic nitrogens is 2. The van der Waals surface area contributed by atoms with E-state index in [9.17, 15) is 0 Å². The Morgan fingerprint density at radius 1 is 1.31 bits per heavy atom. The van der Waals surface area contributed by atoms with Gasteiger partial charge in [0.25, 0.3) is 0 Å². The van der Waals surface area contributed by atoms with E-state index in [1.165, 1.54) is 36.8 Å². The molecule has 0 aliphatic heterocycles. The first-order valence-corrected chi connectivity index (χ1v) is 4.87. The Labute approximate surface area is 77.9 Å². The molecule has 0 unspecified atom stereocenters. The van der Waals surface area contributed by atoms with E-state index >= 15 is 0 Å². The fourth-order valence-electron chi connectivity index (χ4n) is 2.08. The lowest BCUT2D eigenvalue weighted by molar-refractivity contribution is 0.438. The Balaban J connectivity index is 2.18. The van der Waals surface area contributed by atoms with E-state index in [-0.39, 0.29) is 0 Å². The average molecular weight is 180 g/mol. The number of hydrogen-bond donors (Lipinski definition) is 2. The zero-order valence-electron chi connectivity index (χ0n) is 7.74. The number of hydrogen-bond acceptors (Lipinski definition) is 3. The van der Waals surface area contributed by atoms with Gasteiger partial charge in [-0.1, -0.05) is 19.3 Å². The normalized spacial score (nSPS) is 19.1. The van der Waals surface area contributed by atoms with Crippen LogP contribution >= 0.6 is 0 Å². The summed E-state index contributed by atoms with van der Waals surface area (Å²) >= 11 is 0. The van der Waals surface area contributed by atoms with E-state index in [1.807, 2.05) is 0 Å². The number of imidazole rings is 1. The number of nitrogen functional groups attached to an aromatic ring is 2. The topological polar surface area (TPSA) is 69.9 Å². The van der Waals surface area contributed by atoms with E-state index in [4.69, 9.17) is 11.6 Å². The van der Waals surface area contributed by atoms with Crippen molar-refractivity contribution in [3.8, 4) is 0 Å². The maximum atomic E-state index is 5.81. The molecule has 0 saturated heterocycles. The highest BCUT2D eigenvalue weighted by Crippen LogP contribution is 2.33. The van der Waals surface area contributed by atoms with Gasteiger partial charge in [0.05, 0.1) is 5.69 Å². The number of anilines is 1. The summed E-state index contributed by atoms with van der Waals surface area (Å²) in [4.78, 5) is 4.25. The Morgan fingerprint density at radius 3 is 2.54 bits per heavy atom. The SMILES string of the molecule is Nc1c(C2CCCCC2)ncn1N. The maximum Gasteiger partial charge on any atom is 0.145 e. The van der Waals surface area contributed by atoms with Crippen LogP contribution in [-0.2, 0) is 0 Å². The third-order valence-corrected chi connectivity index (χ3v) is 2.85. The van der Waals surface area contributed by atoms with E-state index in [1.54, 1.807) is 6.33 Å². The molecule has 0 spiro atoms. The molecule has 2 rings (SSSR count). The molecule has 0 atom stereocenters. The second kappa shape index (κ2) is 3.28. The Bertz CT molecular complexity index is 286. The van der Waals surface area contributed by atoms with Crippen LogP contribution in [0.5, 0.6) is 0 Å². The van der Waals surface area contributed by atoms with Crippen molar-refractivity contribution in [2.24, 2.45) is 0 Å². The first kappa shape index (κ1) is 8.41. The van der Waals surface area contributed by atoms with Gasteiger partial charge in [-0.3, -0.25) is 0 Å². The quantitative estimate of drug-likeness (QED) is 0.638. The van der Waals surface area contributed by atoms with E-state index in [0.29, 0.717) is 11.7 Å². The summed E-state index contributed by atoms with van der Waals surface area (Å²) in [5, 5.41) is 0. The van der Waals surface area contributed by atoms with Gasteiger partial charge in [-0.2, -0.15) is 0 Å². The fourth-order valence-corrected chi connectivity index (χ4v) is 2.08. The third kappa shape index (κ3) is 1.48. The van der Waals surface area contributed by atoms with Gasteiger partial charge in [0, 0.05) is 5.92 Å². The molecule has 4 heteroatoms. The van der Waals surface area contributed by atoms with Gasteiger partial charge in [-0.25, -0.2) is 9.66 Å². The zero-order chi connectivity index (χ0) is 9.26. The molecule has 0 radical (unpaired) electrons. The van der Waals surface area contributed by atoms with Crippen molar-refractivity contribution in [3.05, 3.63) is 12.0 Å². The molecule has 72 valence electrons. The van der Waals surface area contributed by atoms with Crippen molar-refractivity contribution in [3.63, 3.8) is 0 Å². The number of nitrogens with zero attached hydrogens (tertiary/aromatic N) is 2. The van der Waals surface area contributed by atoms with Gasteiger partial charge in [0.15, 0.2) is 0 Å². The summed E-state index contributed by atoms with van der Waals surface area (Å²) in [6.45, 7) is 0. The zero-order valence-corrected chi connectivity index (χ0v) is 7.74. The summed E-state index contributed by atoms with van der Waals surface area (Å²) in [5.41, 5.74) is 6.81. The van der Waals surface area contributed by atoms with E-state index in [0.717, 1.165) is 5.69 Å². The van der Waals surface area contributed by atoms with Crippen molar-refractivity contribution in [2.75, 3.05) is 11.6 Å². The fraction of sp³-hybridized carbons (Fsp3) is 0.667. The van der Waals surface area contributed by atoms with Crippen molar-refractivity contribution in [1.29, 1.82) is 0 Å². The first-order chi connectivity index (χ1) is 6.29. The predicted octanol–water partition coefficient (Wildman–Crippen LogP) is 1.23. The summed E-state index contributed by atoms with van der Waals surface area (Å²) in [6, 6.07) is 0. The second-order valence-electron chi connectivity index (χ2n) is 3.76. The van der Waals surface area contributed by atoms with Gasteiger partial charge in [0.1, 0.15) is 12.1 Å². The molecule has 4 N–H and O–H groups in total. The molecule has 0 amide bonds.